The Hall–Kier alpha value is -0.880. The summed E-state index contributed by atoms with van der Waals surface area (Å²) in [7, 11) is -2.98. The van der Waals surface area contributed by atoms with Crippen LogP contribution in [0, 0.1) is 5.92 Å². The summed E-state index contributed by atoms with van der Waals surface area (Å²) in [6.07, 6.45) is 4.86. The molecule has 0 N–H and O–H groups in total. The standard InChI is InChI=1S/C14H16O4S2/c15-13(18-14(4-5-14)10-1-2-10)12-7-9-8-20(16,17)6-3-11(9)19-12/h7,10H,1-6,8H2. The first-order valence-electron chi connectivity index (χ1n) is 7.03. The number of hydrogen-bond donors (Lipinski definition) is 0. The first-order valence-corrected chi connectivity index (χ1v) is 9.67. The summed E-state index contributed by atoms with van der Waals surface area (Å²) in [5.74, 6) is 0.577. The molecule has 3 aliphatic rings. The summed E-state index contributed by atoms with van der Waals surface area (Å²) in [4.78, 5) is 13.8. The first-order chi connectivity index (χ1) is 9.47. The van der Waals surface area contributed by atoms with E-state index in [1.165, 1.54) is 24.2 Å². The first kappa shape index (κ1) is 12.8. The van der Waals surface area contributed by atoms with E-state index in [0.717, 1.165) is 23.3 Å². The number of sulfone groups is 1. The Morgan fingerprint density at radius 3 is 2.75 bits per heavy atom. The molecule has 0 spiro atoms. The minimum Gasteiger partial charge on any atom is -0.455 e. The number of carbonyl (C=O) groups excluding carboxylic acids is 1. The second-order valence-electron chi connectivity index (χ2n) is 6.13. The van der Waals surface area contributed by atoms with Crippen molar-refractivity contribution >= 4 is 27.1 Å². The van der Waals surface area contributed by atoms with Crippen LogP contribution in [0.3, 0.4) is 0 Å². The van der Waals surface area contributed by atoms with Crippen LogP contribution in [0.1, 0.15) is 45.8 Å². The summed E-state index contributed by atoms with van der Waals surface area (Å²) in [5.41, 5.74) is 0.623. The number of carbonyl (C=O) groups is 1. The van der Waals surface area contributed by atoms with Crippen molar-refractivity contribution in [2.24, 2.45) is 5.92 Å². The zero-order valence-electron chi connectivity index (χ0n) is 11.1. The normalized spacial score (nSPS) is 25.8. The van der Waals surface area contributed by atoms with Gasteiger partial charge in [-0.05, 0) is 49.7 Å². The second kappa shape index (κ2) is 4.07. The van der Waals surface area contributed by atoms with Crippen molar-refractivity contribution in [3.05, 3.63) is 21.4 Å². The number of esters is 1. The van der Waals surface area contributed by atoms with Crippen molar-refractivity contribution < 1.29 is 17.9 Å². The van der Waals surface area contributed by atoms with E-state index in [1.807, 2.05) is 0 Å². The Labute approximate surface area is 122 Å². The lowest BCUT2D eigenvalue weighted by Gasteiger charge is -2.14. The zero-order valence-corrected chi connectivity index (χ0v) is 12.7. The van der Waals surface area contributed by atoms with Gasteiger partial charge in [0, 0.05) is 4.88 Å². The van der Waals surface area contributed by atoms with Gasteiger partial charge in [0.15, 0.2) is 9.84 Å². The van der Waals surface area contributed by atoms with E-state index in [-0.39, 0.29) is 23.1 Å². The van der Waals surface area contributed by atoms with Crippen LogP contribution in [-0.4, -0.2) is 25.7 Å². The number of ether oxygens (including phenoxy) is 1. The Kier molecular flexibility index (Phi) is 2.61. The van der Waals surface area contributed by atoms with Gasteiger partial charge in [-0.1, -0.05) is 0 Å². The summed E-state index contributed by atoms with van der Waals surface area (Å²) < 4.78 is 28.9. The largest absolute Gasteiger partial charge is 0.455 e. The van der Waals surface area contributed by atoms with Gasteiger partial charge in [0.05, 0.1) is 11.5 Å². The van der Waals surface area contributed by atoms with E-state index in [0.29, 0.717) is 17.2 Å². The maximum Gasteiger partial charge on any atom is 0.348 e. The van der Waals surface area contributed by atoms with Gasteiger partial charge in [-0.15, -0.1) is 11.3 Å². The lowest BCUT2D eigenvalue weighted by Crippen LogP contribution is -2.21. The molecule has 1 aromatic rings. The highest BCUT2D eigenvalue weighted by molar-refractivity contribution is 7.90. The number of hydrogen-bond acceptors (Lipinski definition) is 5. The topological polar surface area (TPSA) is 60.4 Å². The van der Waals surface area contributed by atoms with Gasteiger partial charge in [0.2, 0.25) is 0 Å². The molecule has 6 heteroatoms. The molecule has 1 aliphatic heterocycles. The molecule has 0 atom stereocenters. The van der Waals surface area contributed by atoms with Crippen molar-refractivity contribution in [2.45, 2.75) is 43.5 Å². The molecule has 0 amide bonds. The predicted octanol–water partition coefficient (Wildman–Crippen LogP) is 2.32. The molecule has 108 valence electrons. The van der Waals surface area contributed by atoms with E-state index >= 15 is 0 Å². The summed E-state index contributed by atoms with van der Waals surface area (Å²) in [6.45, 7) is 0. The maximum atomic E-state index is 12.3. The molecule has 20 heavy (non-hydrogen) atoms. The van der Waals surface area contributed by atoms with Gasteiger partial charge in [-0.3, -0.25) is 0 Å². The van der Waals surface area contributed by atoms with Crippen LogP contribution in [0.5, 0.6) is 0 Å². The Morgan fingerprint density at radius 1 is 1.35 bits per heavy atom. The van der Waals surface area contributed by atoms with Crippen molar-refractivity contribution in [2.75, 3.05) is 5.75 Å². The fraction of sp³-hybridized carbons (Fsp3) is 0.643. The summed E-state index contributed by atoms with van der Waals surface area (Å²) in [5, 5.41) is 0. The minimum absolute atomic E-state index is 0.0693. The molecule has 2 heterocycles. The Morgan fingerprint density at radius 2 is 2.10 bits per heavy atom. The zero-order chi connectivity index (χ0) is 14.0. The fourth-order valence-electron chi connectivity index (χ4n) is 3.02. The van der Waals surface area contributed by atoms with Gasteiger partial charge in [0.1, 0.15) is 10.5 Å². The van der Waals surface area contributed by atoms with Crippen LogP contribution in [-0.2, 0) is 26.7 Å². The highest BCUT2D eigenvalue weighted by Gasteiger charge is 2.57. The van der Waals surface area contributed by atoms with Crippen molar-refractivity contribution in [3.8, 4) is 0 Å². The molecule has 2 aliphatic carbocycles. The van der Waals surface area contributed by atoms with Crippen LogP contribution >= 0.6 is 11.3 Å². The Bertz CT molecular complexity index is 678. The molecule has 4 nitrogen and oxygen atoms in total. The Balaban J connectivity index is 1.54. The molecule has 0 aromatic carbocycles. The molecule has 0 bridgehead atoms. The fourth-order valence-corrected chi connectivity index (χ4v) is 5.69. The van der Waals surface area contributed by atoms with E-state index in [1.54, 1.807) is 6.07 Å². The number of fused-ring (bicyclic) bond motifs is 1. The predicted molar refractivity (Wildman–Crippen MR) is 75.6 cm³/mol. The maximum absolute atomic E-state index is 12.3. The third-order valence-electron chi connectivity index (χ3n) is 4.47. The third-order valence-corrected chi connectivity index (χ3v) is 7.27. The summed E-state index contributed by atoms with van der Waals surface area (Å²) >= 11 is 1.41. The average molecular weight is 312 g/mol. The SMILES string of the molecule is O=C(OC1(C2CC2)CC1)c1cc2c(s1)CCS(=O)(=O)C2. The van der Waals surface area contributed by atoms with Gasteiger partial charge in [-0.25, -0.2) is 13.2 Å². The smallest absolute Gasteiger partial charge is 0.348 e. The van der Waals surface area contributed by atoms with Crippen LogP contribution < -0.4 is 0 Å². The average Bonchev–Trinajstić information content (AvgIpc) is 3.26. The molecule has 2 fully saturated rings. The lowest BCUT2D eigenvalue weighted by atomic mass is 10.2. The number of thiophene rings is 1. The third kappa shape index (κ3) is 2.19. The van der Waals surface area contributed by atoms with Crippen LogP contribution in [0.2, 0.25) is 0 Å². The van der Waals surface area contributed by atoms with Gasteiger partial charge >= 0.3 is 5.97 Å². The highest BCUT2D eigenvalue weighted by atomic mass is 32.2. The van der Waals surface area contributed by atoms with E-state index < -0.39 is 9.84 Å². The van der Waals surface area contributed by atoms with Crippen LogP contribution in [0.15, 0.2) is 6.07 Å². The molecular weight excluding hydrogens is 296 g/mol. The molecule has 2 saturated carbocycles. The minimum atomic E-state index is -2.98. The van der Waals surface area contributed by atoms with Crippen LogP contribution in [0.4, 0.5) is 0 Å². The van der Waals surface area contributed by atoms with Gasteiger partial charge in [-0.2, -0.15) is 0 Å². The quantitative estimate of drug-likeness (QED) is 0.804. The molecule has 1 aromatic heterocycles. The number of aryl methyl sites for hydroxylation is 1. The highest BCUT2D eigenvalue weighted by Crippen LogP contribution is 2.56. The van der Waals surface area contributed by atoms with Crippen molar-refractivity contribution in [1.82, 2.24) is 0 Å². The number of rotatable bonds is 3. The summed E-state index contributed by atoms with van der Waals surface area (Å²) in [6, 6.07) is 1.72. The van der Waals surface area contributed by atoms with E-state index in [9.17, 15) is 13.2 Å². The molecule has 4 rings (SSSR count). The van der Waals surface area contributed by atoms with Gasteiger partial charge < -0.3 is 4.74 Å². The second-order valence-corrected chi connectivity index (χ2v) is 9.45. The van der Waals surface area contributed by atoms with E-state index in [2.05, 4.69) is 0 Å². The monoisotopic (exact) mass is 312 g/mol. The molecule has 0 radical (unpaired) electrons. The van der Waals surface area contributed by atoms with Crippen LogP contribution in [0.25, 0.3) is 0 Å². The molecular formula is C14H16O4S2. The van der Waals surface area contributed by atoms with Crippen molar-refractivity contribution in [3.63, 3.8) is 0 Å². The lowest BCUT2D eigenvalue weighted by molar-refractivity contribution is 0.0166. The molecule has 0 saturated heterocycles. The van der Waals surface area contributed by atoms with Gasteiger partial charge in [0.25, 0.3) is 0 Å². The van der Waals surface area contributed by atoms with Crippen molar-refractivity contribution in [1.29, 1.82) is 0 Å². The van der Waals surface area contributed by atoms with E-state index in [4.69, 9.17) is 4.74 Å². The molecule has 0 unspecified atom stereocenters.